The zero-order valence-electron chi connectivity index (χ0n) is 11.9. The van der Waals surface area contributed by atoms with E-state index in [4.69, 9.17) is 4.74 Å². The Labute approximate surface area is 139 Å². The van der Waals surface area contributed by atoms with Crippen LogP contribution in [0.1, 0.15) is 9.67 Å². The summed E-state index contributed by atoms with van der Waals surface area (Å²) in [5.41, 5.74) is 4.39. The van der Waals surface area contributed by atoms with Crippen molar-refractivity contribution in [2.75, 3.05) is 7.11 Å². The molecule has 0 unspecified atom stereocenters. The average molecular weight is 332 g/mol. The fraction of sp³-hybridized carbons (Fsp3) is 0.0588. The predicted octanol–water partition coefficient (Wildman–Crippen LogP) is 4.69. The summed E-state index contributed by atoms with van der Waals surface area (Å²) in [6.07, 6.45) is 3.56. The molecular weight excluding hydrogens is 318 g/mol. The smallest absolute Gasteiger partial charge is 0.348 e. The summed E-state index contributed by atoms with van der Waals surface area (Å²) in [6, 6.07) is 14.1. The van der Waals surface area contributed by atoms with Crippen LogP contribution >= 0.6 is 23.7 Å². The first-order chi connectivity index (χ1) is 10.3. The van der Waals surface area contributed by atoms with Crippen molar-refractivity contribution in [1.29, 1.82) is 0 Å². The molecule has 0 fully saturated rings. The van der Waals surface area contributed by atoms with E-state index in [1.807, 2.05) is 23.6 Å². The Bertz CT molecular complexity index is 754. The van der Waals surface area contributed by atoms with Crippen molar-refractivity contribution in [3.05, 3.63) is 65.1 Å². The third-order valence-electron chi connectivity index (χ3n) is 3.22. The lowest BCUT2D eigenvalue weighted by atomic mass is 10.0. The van der Waals surface area contributed by atoms with Gasteiger partial charge >= 0.3 is 5.97 Å². The van der Waals surface area contributed by atoms with Crippen LogP contribution in [0.15, 0.2) is 60.2 Å². The number of esters is 1. The molecule has 0 aliphatic carbocycles. The predicted molar refractivity (Wildman–Crippen MR) is 91.6 cm³/mol. The SMILES string of the molecule is COC(=O)c1cc(-c2ccc(-c3ccncc3)cc2)cs1.Cl. The highest BCUT2D eigenvalue weighted by atomic mass is 35.5. The van der Waals surface area contributed by atoms with Crippen molar-refractivity contribution < 1.29 is 9.53 Å². The van der Waals surface area contributed by atoms with Crippen LogP contribution < -0.4 is 0 Å². The molecule has 0 aliphatic heterocycles. The number of halogens is 1. The minimum Gasteiger partial charge on any atom is -0.465 e. The Morgan fingerprint density at radius 2 is 1.50 bits per heavy atom. The molecule has 2 heterocycles. The molecule has 1 aromatic carbocycles. The fourth-order valence-corrected chi connectivity index (χ4v) is 2.93. The molecule has 0 spiro atoms. The molecule has 0 amide bonds. The standard InChI is InChI=1S/C17H13NO2S.ClH/c1-20-17(19)16-10-15(11-21-16)13-4-2-12(3-5-13)14-6-8-18-9-7-14;/h2-11H,1H3;1H. The molecule has 3 nitrogen and oxygen atoms in total. The lowest BCUT2D eigenvalue weighted by molar-refractivity contribution is 0.0606. The number of aromatic nitrogens is 1. The van der Waals surface area contributed by atoms with Crippen LogP contribution in [-0.4, -0.2) is 18.1 Å². The Morgan fingerprint density at radius 3 is 2.09 bits per heavy atom. The monoisotopic (exact) mass is 331 g/mol. The van der Waals surface area contributed by atoms with Crippen LogP contribution in [-0.2, 0) is 4.74 Å². The molecule has 0 atom stereocenters. The van der Waals surface area contributed by atoms with Gasteiger partial charge in [0, 0.05) is 12.4 Å². The summed E-state index contributed by atoms with van der Waals surface area (Å²) < 4.78 is 4.73. The van der Waals surface area contributed by atoms with Crippen molar-refractivity contribution in [2.45, 2.75) is 0 Å². The molecule has 0 saturated heterocycles. The summed E-state index contributed by atoms with van der Waals surface area (Å²) in [5.74, 6) is -0.292. The molecule has 0 radical (unpaired) electrons. The van der Waals surface area contributed by atoms with E-state index in [0.717, 1.165) is 22.3 Å². The molecule has 5 heteroatoms. The molecule has 3 rings (SSSR count). The highest BCUT2D eigenvalue weighted by Crippen LogP contribution is 2.28. The van der Waals surface area contributed by atoms with Gasteiger partial charge in [0.15, 0.2) is 0 Å². The van der Waals surface area contributed by atoms with E-state index in [0.29, 0.717) is 4.88 Å². The van der Waals surface area contributed by atoms with E-state index in [2.05, 4.69) is 29.2 Å². The maximum Gasteiger partial charge on any atom is 0.348 e. The number of carbonyl (C=O) groups excluding carboxylic acids is 1. The molecule has 22 heavy (non-hydrogen) atoms. The second kappa shape index (κ2) is 7.20. The Morgan fingerprint density at radius 1 is 0.955 bits per heavy atom. The van der Waals surface area contributed by atoms with Gasteiger partial charge in [-0.2, -0.15) is 0 Å². The van der Waals surface area contributed by atoms with Gasteiger partial charge < -0.3 is 4.74 Å². The first kappa shape index (κ1) is 16.2. The summed E-state index contributed by atoms with van der Waals surface area (Å²) in [5, 5.41) is 1.97. The van der Waals surface area contributed by atoms with Gasteiger partial charge in [-0.15, -0.1) is 23.7 Å². The van der Waals surface area contributed by atoms with Crippen molar-refractivity contribution >= 4 is 29.7 Å². The van der Waals surface area contributed by atoms with Gasteiger partial charge in [-0.3, -0.25) is 4.98 Å². The van der Waals surface area contributed by atoms with Crippen LogP contribution in [0.4, 0.5) is 0 Å². The second-order valence-corrected chi connectivity index (χ2v) is 5.42. The summed E-state index contributed by atoms with van der Waals surface area (Å²) >= 11 is 1.39. The number of pyridine rings is 1. The van der Waals surface area contributed by atoms with Crippen LogP contribution in [0.3, 0.4) is 0 Å². The van der Waals surface area contributed by atoms with Crippen molar-refractivity contribution in [1.82, 2.24) is 4.98 Å². The quantitative estimate of drug-likeness (QED) is 0.654. The van der Waals surface area contributed by atoms with Gasteiger partial charge in [0.1, 0.15) is 4.88 Å². The van der Waals surface area contributed by atoms with E-state index in [1.54, 1.807) is 12.4 Å². The Hall–Kier alpha value is -2.17. The lowest BCUT2D eigenvalue weighted by Gasteiger charge is -2.03. The minimum atomic E-state index is -0.292. The average Bonchev–Trinajstić information content (AvgIpc) is 3.05. The zero-order valence-corrected chi connectivity index (χ0v) is 13.5. The van der Waals surface area contributed by atoms with Gasteiger partial charge in [-0.05, 0) is 45.8 Å². The normalized spacial score (nSPS) is 9.86. The Kier molecular flexibility index (Phi) is 5.31. The number of ether oxygens (including phenoxy) is 1. The maximum absolute atomic E-state index is 11.5. The number of hydrogen-bond acceptors (Lipinski definition) is 4. The third-order valence-corrected chi connectivity index (χ3v) is 4.13. The van der Waals surface area contributed by atoms with Crippen LogP contribution in [0, 0.1) is 0 Å². The molecular formula is C17H14ClNO2S. The largest absolute Gasteiger partial charge is 0.465 e. The van der Waals surface area contributed by atoms with Crippen LogP contribution in [0.5, 0.6) is 0 Å². The van der Waals surface area contributed by atoms with Gasteiger partial charge in [-0.1, -0.05) is 24.3 Å². The van der Waals surface area contributed by atoms with E-state index in [1.165, 1.54) is 18.4 Å². The molecule has 3 aromatic rings. The molecule has 0 saturated carbocycles. The summed E-state index contributed by atoms with van der Waals surface area (Å²) in [4.78, 5) is 16.1. The van der Waals surface area contributed by atoms with Gasteiger partial charge in [0.2, 0.25) is 0 Å². The second-order valence-electron chi connectivity index (χ2n) is 4.50. The van der Waals surface area contributed by atoms with E-state index >= 15 is 0 Å². The number of thiophene rings is 1. The highest BCUT2D eigenvalue weighted by Gasteiger charge is 2.10. The number of methoxy groups -OCH3 is 1. The summed E-state index contributed by atoms with van der Waals surface area (Å²) in [6.45, 7) is 0. The number of nitrogens with zero attached hydrogens (tertiary/aromatic N) is 1. The molecule has 0 bridgehead atoms. The van der Waals surface area contributed by atoms with Crippen molar-refractivity contribution in [3.63, 3.8) is 0 Å². The van der Waals surface area contributed by atoms with E-state index in [-0.39, 0.29) is 18.4 Å². The first-order valence-electron chi connectivity index (χ1n) is 6.45. The van der Waals surface area contributed by atoms with Gasteiger partial charge in [0.25, 0.3) is 0 Å². The fourth-order valence-electron chi connectivity index (χ4n) is 2.09. The van der Waals surface area contributed by atoms with E-state index < -0.39 is 0 Å². The lowest BCUT2D eigenvalue weighted by Crippen LogP contribution is -1.96. The maximum atomic E-state index is 11.5. The number of benzene rings is 1. The van der Waals surface area contributed by atoms with Gasteiger partial charge in [-0.25, -0.2) is 4.79 Å². The number of rotatable bonds is 3. The van der Waals surface area contributed by atoms with Crippen molar-refractivity contribution in [3.8, 4) is 22.3 Å². The van der Waals surface area contributed by atoms with Crippen LogP contribution in [0.25, 0.3) is 22.3 Å². The first-order valence-corrected chi connectivity index (χ1v) is 7.33. The minimum absolute atomic E-state index is 0. The Balaban J connectivity index is 0.00000176. The third kappa shape index (κ3) is 3.35. The van der Waals surface area contributed by atoms with Crippen molar-refractivity contribution in [2.24, 2.45) is 0 Å². The molecule has 2 aromatic heterocycles. The number of carbonyl (C=O) groups is 1. The molecule has 112 valence electrons. The summed E-state index contributed by atoms with van der Waals surface area (Å²) in [7, 11) is 1.39. The van der Waals surface area contributed by atoms with E-state index in [9.17, 15) is 4.79 Å². The zero-order chi connectivity index (χ0) is 14.7. The molecule has 0 aliphatic rings. The van der Waals surface area contributed by atoms with Crippen LogP contribution in [0.2, 0.25) is 0 Å². The topological polar surface area (TPSA) is 39.2 Å². The highest BCUT2D eigenvalue weighted by molar-refractivity contribution is 7.12. The van der Waals surface area contributed by atoms with Gasteiger partial charge in [0.05, 0.1) is 7.11 Å². The number of hydrogen-bond donors (Lipinski definition) is 0. The molecule has 0 N–H and O–H groups in total.